The summed E-state index contributed by atoms with van der Waals surface area (Å²) in [6.07, 6.45) is 8.19. The van der Waals surface area contributed by atoms with Gasteiger partial charge in [0.15, 0.2) is 11.5 Å². The maximum atomic E-state index is 12.2. The Morgan fingerprint density at radius 3 is 2.48 bits per heavy atom. The van der Waals surface area contributed by atoms with Gasteiger partial charge in [-0.3, -0.25) is 9.78 Å². The van der Waals surface area contributed by atoms with Gasteiger partial charge >= 0.3 is 0 Å². The summed E-state index contributed by atoms with van der Waals surface area (Å²) in [7, 11) is 1.59. The van der Waals surface area contributed by atoms with Crippen LogP contribution in [0.3, 0.4) is 0 Å². The lowest BCUT2D eigenvalue weighted by atomic mass is 10.1. The molecular weight excluding hydrogens is 389 g/mol. The molecule has 1 aromatic rings. The van der Waals surface area contributed by atoms with Gasteiger partial charge < -0.3 is 20.1 Å². The number of carbonyl (C=O) groups excluding carboxylic acids is 1. The average molecular weight is 408 g/mol. The van der Waals surface area contributed by atoms with Crippen LogP contribution in [0.1, 0.15) is 19.3 Å². The second kappa shape index (κ2) is 5.79. The number of hydrogen-bond acceptors (Lipinski definition) is 5. The first-order valence-electron chi connectivity index (χ1n) is 8.98. The maximum Gasteiger partial charge on any atom is 0.265 e. The van der Waals surface area contributed by atoms with E-state index < -0.39 is 5.91 Å². The molecule has 8 heteroatoms. The number of halogens is 2. The number of methoxy groups -OCH3 is 1. The average Bonchev–Trinajstić information content (AvgIpc) is 3.06. The quantitative estimate of drug-likeness (QED) is 0.810. The molecule has 1 amide bonds. The van der Waals surface area contributed by atoms with Crippen LogP contribution in [-0.2, 0) is 14.3 Å². The van der Waals surface area contributed by atoms with E-state index >= 15 is 0 Å². The van der Waals surface area contributed by atoms with Crippen LogP contribution in [0.4, 0.5) is 5.69 Å². The van der Waals surface area contributed by atoms with Crippen molar-refractivity contribution in [3.05, 3.63) is 45.7 Å². The fourth-order valence-corrected chi connectivity index (χ4v) is 5.91. The summed E-state index contributed by atoms with van der Waals surface area (Å²) in [5.74, 6) is 2.67. The highest BCUT2D eigenvalue weighted by Gasteiger charge is 2.77. The van der Waals surface area contributed by atoms with Crippen LogP contribution in [0.25, 0.3) is 0 Å². The van der Waals surface area contributed by atoms with Crippen molar-refractivity contribution >= 4 is 34.8 Å². The van der Waals surface area contributed by atoms with E-state index in [1.165, 1.54) is 25.2 Å². The second-order valence-corrected chi connectivity index (χ2v) is 8.55. The molecule has 1 aliphatic heterocycles. The van der Waals surface area contributed by atoms with Gasteiger partial charge in [0, 0.05) is 30.3 Å². The normalized spacial score (nSPS) is 33.2. The second-order valence-electron chi connectivity index (χ2n) is 7.73. The van der Waals surface area contributed by atoms with Crippen molar-refractivity contribution in [1.82, 2.24) is 4.98 Å². The van der Waals surface area contributed by atoms with Gasteiger partial charge in [0.25, 0.3) is 5.91 Å². The summed E-state index contributed by atoms with van der Waals surface area (Å²) >= 11 is 12.6. The van der Waals surface area contributed by atoms with Crippen molar-refractivity contribution in [3.63, 3.8) is 0 Å². The third-order valence-electron chi connectivity index (χ3n) is 6.45. The molecular formula is C19H19Cl2N3O3. The first-order valence-corrected chi connectivity index (χ1v) is 9.74. The minimum Gasteiger partial charge on any atom is -0.495 e. The fourth-order valence-electron chi connectivity index (χ4n) is 5.34. The number of amides is 1. The third-order valence-corrected chi connectivity index (χ3v) is 7.00. The van der Waals surface area contributed by atoms with E-state index in [-0.39, 0.29) is 17.8 Å². The number of allylic oxidation sites excluding steroid dienone is 1. The molecule has 6 rings (SSSR count). The summed E-state index contributed by atoms with van der Waals surface area (Å²) in [5, 5.41) is 0.652. The van der Waals surface area contributed by atoms with E-state index in [4.69, 9.17) is 38.4 Å². The highest BCUT2D eigenvalue weighted by molar-refractivity contribution is 6.39. The minimum atomic E-state index is -0.587. The minimum absolute atomic E-state index is 0.0723. The zero-order valence-electron chi connectivity index (χ0n) is 14.7. The zero-order valence-corrected chi connectivity index (χ0v) is 16.3. The number of primary amides is 1. The summed E-state index contributed by atoms with van der Waals surface area (Å²) in [5.41, 5.74) is 6.32. The molecule has 0 spiro atoms. The van der Waals surface area contributed by atoms with Gasteiger partial charge in [0.2, 0.25) is 0 Å². The summed E-state index contributed by atoms with van der Waals surface area (Å²) in [6.45, 7) is 0.249. The Hall–Kier alpha value is -1.92. The molecule has 0 radical (unpaired) electrons. The molecule has 1 aromatic heterocycles. The van der Waals surface area contributed by atoms with Crippen LogP contribution in [0.5, 0.6) is 0 Å². The van der Waals surface area contributed by atoms with Gasteiger partial charge in [-0.05, 0) is 25.2 Å². The monoisotopic (exact) mass is 407 g/mol. The standard InChI is InChI=1S/C19H19Cl2N3O3/c1-26-16-8-24(17-12(20)6-23-7-13(17)21)14(18(22)25)4-15(16)27-19-5-9-2-10(19)11(19)3-9/h4,6-7,9-11H,2-3,5,8H2,1H3,(H2,22,25). The molecule has 4 bridgehead atoms. The van der Waals surface area contributed by atoms with Crippen molar-refractivity contribution in [1.29, 1.82) is 0 Å². The Balaban J connectivity index is 1.52. The largest absolute Gasteiger partial charge is 0.495 e. The Bertz CT molecular complexity index is 881. The predicted octanol–water partition coefficient (Wildman–Crippen LogP) is 3.25. The number of carbonyl (C=O) groups is 1. The molecule has 2 unspecified atom stereocenters. The molecule has 27 heavy (non-hydrogen) atoms. The Morgan fingerprint density at radius 1 is 1.30 bits per heavy atom. The van der Waals surface area contributed by atoms with Crippen molar-refractivity contribution in [3.8, 4) is 0 Å². The maximum absolute atomic E-state index is 12.2. The Labute approximate surface area is 166 Å². The molecule has 6 nitrogen and oxygen atoms in total. The topological polar surface area (TPSA) is 77.7 Å². The van der Waals surface area contributed by atoms with Gasteiger partial charge in [-0.2, -0.15) is 0 Å². The zero-order chi connectivity index (χ0) is 18.9. The van der Waals surface area contributed by atoms with Crippen LogP contribution in [-0.4, -0.2) is 30.1 Å². The third kappa shape index (κ3) is 2.39. The number of aromatic nitrogens is 1. The van der Waals surface area contributed by atoms with Gasteiger partial charge in [0.1, 0.15) is 11.3 Å². The number of anilines is 1. The van der Waals surface area contributed by atoms with Crippen molar-refractivity contribution in [2.75, 3.05) is 18.6 Å². The number of nitrogens with zero attached hydrogens (tertiary/aromatic N) is 2. The number of nitrogens with two attached hydrogens (primary N) is 1. The van der Waals surface area contributed by atoms with Crippen LogP contribution in [0.2, 0.25) is 10.0 Å². The lowest BCUT2D eigenvalue weighted by Gasteiger charge is -2.32. The van der Waals surface area contributed by atoms with E-state index in [9.17, 15) is 4.79 Å². The van der Waals surface area contributed by atoms with Crippen LogP contribution in [0, 0.1) is 17.8 Å². The van der Waals surface area contributed by atoms with E-state index in [0.717, 1.165) is 12.3 Å². The molecule has 5 aliphatic rings. The summed E-state index contributed by atoms with van der Waals surface area (Å²) < 4.78 is 12.1. The number of ether oxygens (including phenoxy) is 2. The van der Waals surface area contributed by atoms with E-state index in [2.05, 4.69) is 4.98 Å². The Kier molecular flexibility index (Phi) is 3.69. The molecule has 4 aliphatic carbocycles. The van der Waals surface area contributed by atoms with Crippen LogP contribution >= 0.6 is 23.2 Å². The number of rotatable bonds is 5. The van der Waals surface area contributed by atoms with Gasteiger partial charge in [-0.25, -0.2) is 0 Å². The van der Waals surface area contributed by atoms with Gasteiger partial charge in [-0.15, -0.1) is 0 Å². The lowest BCUT2D eigenvalue weighted by Crippen LogP contribution is -2.37. The van der Waals surface area contributed by atoms with E-state index in [1.807, 2.05) is 0 Å². The highest BCUT2D eigenvalue weighted by atomic mass is 35.5. The van der Waals surface area contributed by atoms with Crippen molar-refractivity contribution < 1.29 is 14.3 Å². The van der Waals surface area contributed by atoms with E-state index in [1.54, 1.807) is 18.1 Å². The van der Waals surface area contributed by atoms with Gasteiger partial charge in [-0.1, -0.05) is 23.2 Å². The first-order chi connectivity index (χ1) is 12.9. The van der Waals surface area contributed by atoms with Crippen molar-refractivity contribution in [2.24, 2.45) is 23.5 Å². The van der Waals surface area contributed by atoms with Crippen LogP contribution < -0.4 is 10.6 Å². The summed E-state index contributed by atoms with van der Waals surface area (Å²) in [6, 6.07) is 0. The molecule has 4 saturated carbocycles. The van der Waals surface area contributed by atoms with Gasteiger partial charge in [0.05, 0.1) is 29.4 Å². The highest BCUT2D eigenvalue weighted by Crippen LogP contribution is 2.75. The Morgan fingerprint density at radius 2 is 1.96 bits per heavy atom. The molecule has 142 valence electrons. The smallest absolute Gasteiger partial charge is 0.265 e. The molecule has 2 N–H and O–H groups in total. The molecule has 2 atom stereocenters. The van der Waals surface area contributed by atoms with Crippen molar-refractivity contribution in [2.45, 2.75) is 24.9 Å². The summed E-state index contributed by atoms with van der Waals surface area (Å²) in [4.78, 5) is 17.8. The number of pyridine rings is 1. The van der Waals surface area contributed by atoms with E-state index in [0.29, 0.717) is 39.1 Å². The number of hydrogen-bond donors (Lipinski definition) is 1. The SMILES string of the molecule is COC1=C(OC23CC4CC2C3C4)C=C(C(N)=O)N(c2c(Cl)cncc2Cl)C1. The molecule has 0 saturated heterocycles. The van der Waals surface area contributed by atoms with Crippen LogP contribution in [0.15, 0.2) is 35.7 Å². The lowest BCUT2D eigenvalue weighted by molar-refractivity contribution is -0.114. The molecule has 2 heterocycles. The first kappa shape index (κ1) is 17.2. The molecule has 4 fully saturated rings. The molecule has 0 aromatic carbocycles. The fraction of sp³-hybridized carbons (Fsp3) is 0.474. The predicted molar refractivity (Wildman–Crippen MR) is 101 cm³/mol.